The quantitative estimate of drug-likeness (QED) is 0.742. The van der Waals surface area contributed by atoms with E-state index in [0.717, 1.165) is 0 Å². The van der Waals surface area contributed by atoms with Crippen molar-refractivity contribution in [2.45, 2.75) is 19.3 Å². The molecule has 1 aromatic heterocycles. The minimum absolute atomic E-state index is 0.00722. The summed E-state index contributed by atoms with van der Waals surface area (Å²) in [4.78, 5) is 18.3. The summed E-state index contributed by atoms with van der Waals surface area (Å²) in [5.74, 6) is -1.63. The Labute approximate surface area is 85.9 Å². The second-order valence-corrected chi connectivity index (χ2v) is 3.16. The van der Waals surface area contributed by atoms with E-state index in [1.165, 1.54) is 6.07 Å². The molecule has 0 bridgehead atoms. The number of carboxylic acid groups (broad SMARTS) is 1. The van der Waals surface area contributed by atoms with E-state index in [1.807, 2.05) is 0 Å². The first kappa shape index (κ1) is 10.7. The molecular weight excluding hydrogens is 206 g/mol. The third-order valence-corrected chi connectivity index (χ3v) is 1.99. The van der Waals surface area contributed by atoms with Gasteiger partial charge in [0.15, 0.2) is 0 Å². The van der Waals surface area contributed by atoms with E-state index in [4.69, 9.17) is 22.4 Å². The highest BCUT2D eigenvalue weighted by Gasteiger charge is 2.20. The van der Waals surface area contributed by atoms with Gasteiger partial charge in [-0.25, -0.2) is 9.97 Å². The number of halogens is 1. The van der Waals surface area contributed by atoms with Crippen molar-refractivity contribution in [3.05, 3.63) is 16.9 Å². The summed E-state index contributed by atoms with van der Waals surface area (Å²) in [6.45, 7) is 1.75. The molecule has 0 aliphatic heterocycles. The minimum Gasteiger partial charge on any atom is -0.481 e. The number of aliphatic carboxylic acids is 1. The van der Waals surface area contributed by atoms with Gasteiger partial charge in [-0.3, -0.25) is 4.79 Å². The minimum atomic E-state index is -0.943. The van der Waals surface area contributed by atoms with Gasteiger partial charge in [0.2, 0.25) is 5.95 Å². The molecular formula is C8H10ClN3O2. The smallest absolute Gasteiger partial charge is 0.312 e. The van der Waals surface area contributed by atoms with Gasteiger partial charge in [0, 0.05) is 0 Å². The summed E-state index contributed by atoms with van der Waals surface area (Å²) in [7, 11) is 0. The topological polar surface area (TPSA) is 89.1 Å². The summed E-state index contributed by atoms with van der Waals surface area (Å²) in [5, 5.41) is 9.02. The van der Waals surface area contributed by atoms with E-state index >= 15 is 0 Å². The van der Waals surface area contributed by atoms with Crippen molar-refractivity contribution in [3.8, 4) is 0 Å². The van der Waals surface area contributed by atoms with Gasteiger partial charge in [0.25, 0.3) is 0 Å². The van der Waals surface area contributed by atoms with E-state index in [9.17, 15) is 4.79 Å². The van der Waals surface area contributed by atoms with Crippen molar-refractivity contribution in [2.24, 2.45) is 0 Å². The van der Waals surface area contributed by atoms with Crippen LogP contribution in [0.4, 0.5) is 5.95 Å². The van der Waals surface area contributed by atoms with Crippen molar-refractivity contribution < 1.29 is 9.90 Å². The number of nitrogens with two attached hydrogens (primary N) is 1. The first-order chi connectivity index (χ1) is 6.54. The van der Waals surface area contributed by atoms with Crippen LogP contribution >= 0.6 is 11.6 Å². The van der Waals surface area contributed by atoms with Gasteiger partial charge in [-0.2, -0.15) is 0 Å². The van der Waals surface area contributed by atoms with Gasteiger partial charge >= 0.3 is 5.97 Å². The fourth-order valence-electron chi connectivity index (χ4n) is 1.14. The fourth-order valence-corrected chi connectivity index (χ4v) is 1.34. The molecule has 3 N–H and O–H groups in total. The lowest BCUT2D eigenvalue weighted by Crippen LogP contribution is -2.13. The number of carbonyl (C=O) groups is 1. The van der Waals surface area contributed by atoms with Crippen molar-refractivity contribution in [3.63, 3.8) is 0 Å². The maximum atomic E-state index is 10.8. The van der Waals surface area contributed by atoms with E-state index in [1.54, 1.807) is 6.92 Å². The number of anilines is 1. The van der Waals surface area contributed by atoms with Crippen LogP contribution < -0.4 is 5.73 Å². The summed E-state index contributed by atoms with van der Waals surface area (Å²) >= 11 is 5.63. The Morgan fingerprint density at radius 1 is 1.71 bits per heavy atom. The van der Waals surface area contributed by atoms with Crippen LogP contribution in [0.1, 0.15) is 25.0 Å². The van der Waals surface area contributed by atoms with Crippen LogP contribution in [0.15, 0.2) is 6.07 Å². The molecule has 0 fully saturated rings. The largest absolute Gasteiger partial charge is 0.481 e. The van der Waals surface area contributed by atoms with Gasteiger partial charge in [0.1, 0.15) is 5.15 Å². The number of nitrogen functional groups attached to an aromatic ring is 1. The second-order valence-electron chi connectivity index (χ2n) is 2.77. The van der Waals surface area contributed by atoms with Crippen LogP contribution in [0.25, 0.3) is 0 Å². The Balaban J connectivity index is 3.10. The number of rotatable bonds is 3. The zero-order chi connectivity index (χ0) is 10.7. The first-order valence-corrected chi connectivity index (χ1v) is 4.45. The Morgan fingerprint density at radius 2 is 2.36 bits per heavy atom. The Morgan fingerprint density at radius 3 is 2.79 bits per heavy atom. The maximum Gasteiger partial charge on any atom is 0.312 e. The molecule has 0 spiro atoms. The average Bonchev–Trinajstić information content (AvgIpc) is 2.02. The molecule has 0 aromatic carbocycles. The lowest BCUT2D eigenvalue weighted by molar-refractivity contribution is -0.138. The van der Waals surface area contributed by atoms with E-state index in [-0.39, 0.29) is 11.1 Å². The summed E-state index contributed by atoms with van der Waals surface area (Å²) < 4.78 is 0. The van der Waals surface area contributed by atoms with Crippen LogP contribution in [0.2, 0.25) is 5.15 Å². The molecule has 0 radical (unpaired) electrons. The highest BCUT2D eigenvalue weighted by atomic mass is 35.5. The zero-order valence-electron chi connectivity index (χ0n) is 7.57. The molecule has 0 amide bonds. The molecule has 1 unspecified atom stereocenters. The van der Waals surface area contributed by atoms with Crippen LogP contribution in [0, 0.1) is 0 Å². The third-order valence-electron chi connectivity index (χ3n) is 1.80. The van der Waals surface area contributed by atoms with Gasteiger partial charge in [-0.15, -0.1) is 0 Å². The molecule has 1 atom stereocenters. The molecule has 0 aliphatic carbocycles. The number of carboxylic acids is 1. The number of hydrogen-bond acceptors (Lipinski definition) is 4. The lowest BCUT2D eigenvalue weighted by Gasteiger charge is -2.09. The molecule has 1 aromatic rings. The third kappa shape index (κ3) is 2.32. The Bertz CT molecular complexity index is 336. The van der Waals surface area contributed by atoms with Crippen LogP contribution in [-0.2, 0) is 4.79 Å². The first-order valence-electron chi connectivity index (χ1n) is 4.07. The SMILES string of the molecule is CCC(C(=O)O)c1cc(Cl)nc(N)n1. The zero-order valence-corrected chi connectivity index (χ0v) is 8.32. The standard InChI is InChI=1S/C8H10ClN3O2/c1-2-4(7(13)14)5-3-6(9)12-8(10)11-5/h3-4H,2H2,1H3,(H,13,14)(H2,10,11,12). The van der Waals surface area contributed by atoms with Gasteiger partial charge in [0.05, 0.1) is 11.6 Å². The Hall–Kier alpha value is -1.36. The molecule has 0 aliphatic rings. The summed E-state index contributed by atoms with van der Waals surface area (Å²) in [6.07, 6.45) is 0.433. The number of nitrogens with zero attached hydrogens (tertiary/aromatic N) is 2. The van der Waals surface area contributed by atoms with Crippen molar-refractivity contribution >= 4 is 23.5 Å². The fraction of sp³-hybridized carbons (Fsp3) is 0.375. The molecule has 1 rings (SSSR count). The Kier molecular flexibility index (Phi) is 3.24. The van der Waals surface area contributed by atoms with Crippen molar-refractivity contribution in [1.82, 2.24) is 9.97 Å². The molecule has 1 heterocycles. The molecule has 5 nitrogen and oxygen atoms in total. The highest BCUT2D eigenvalue weighted by Crippen LogP contribution is 2.20. The normalized spacial score (nSPS) is 12.4. The van der Waals surface area contributed by atoms with E-state index in [2.05, 4.69) is 9.97 Å². The maximum absolute atomic E-state index is 10.8. The highest BCUT2D eigenvalue weighted by molar-refractivity contribution is 6.29. The molecule has 0 saturated carbocycles. The second kappa shape index (κ2) is 4.23. The van der Waals surface area contributed by atoms with Crippen molar-refractivity contribution in [1.29, 1.82) is 0 Å². The van der Waals surface area contributed by atoms with Gasteiger partial charge < -0.3 is 10.8 Å². The van der Waals surface area contributed by atoms with E-state index < -0.39 is 11.9 Å². The lowest BCUT2D eigenvalue weighted by atomic mass is 10.0. The molecule has 76 valence electrons. The summed E-state index contributed by atoms with van der Waals surface area (Å²) in [6, 6.07) is 1.42. The summed E-state index contributed by atoms with van der Waals surface area (Å²) in [5.41, 5.74) is 5.70. The number of hydrogen-bond donors (Lipinski definition) is 2. The molecule has 0 saturated heterocycles. The predicted molar refractivity (Wildman–Crippen MR) is 52.1 cm³/mol. The monoisotopic (exact) mass is 215 g/mol. The van der Waals surface area contributed by atoms with Gasteiger partial charge in [-0.05, 0) is 12.5 Å². The number of aromatic nitrogens is 2. The molecule has 14 heavy (non-hydrogen) atoms. The predicted octanol–water partition coefficient (Wildman–Crippen LogP) is 1.29. The van der Waals surface area contributed by atoms with Crippen LogP contribution in [0.5, 0.6) is 0 Å². The van der Waals surface area contributed by atoms with Gasteiger partial charge in [-0.1, -0.05) is 18.5 Å². The van der Waals surface area contributed by atoms with Crippen LogP contribution in [0.3, 0.4) is 0 Å². The van der Waals surface area contributed by atoms with Crippen LogP contribution in [-0.4, -0.2) is 21.0 Å². The van der Waals surface area contributed by atoms with Crippen molar-refractivity contribution in [2.75, 3.05) is 5.73 Å². The van der Waals surface area contributed by atoms with E-state index in [0.29, 0.717) is 12.1 Å². The molecule has 6 heteroatoms. The average molecular weight is 216 g/mol.